The summed E-state index contributed by atoms with van der Waals surface area (Å²) in [5.74, 6) is 1.85. The molecule has 1 heterocycles. The second-order valence-corrected chi connectivity index (χ2v) is 7.94. The van der Waals surface area contributed by atoms with Gasteiger partial charge in [-0.15, -0.1) is 0 Å². The van der Waals surface area contributed by atoms with Crippen molar-refractivity contribution >= 4 is 21.6 Å². The van der Waals surface area contributed by atoms with Crippen molar-refractivity contribution in [1.82, 2.24) is 5.32 Å². The van der Waals surface area contributed by atoms with Crippen molar-refractivity contribution in [2.24, 2.45) is 4.99 Å². The van der Waals surface area contributed by atoms with Crippen LogP contribution in [0.3, 0.4) is 0 Å². The molecule has 0 radical (unpaired) electrons. The summed E-state index contributed by atoms with van der Waals surface area (Å²) < 4.78 is 11.5. The van der Waals surface area contributed by atoms with Gasteiger partial charge in [0.15, 0.2) is 0 Å². The van der Waals surface area contributed by atoms with E-state index in [0.717, 1.165) is 38.4 Å². The van der Waals surface area contributed by atoms with Crippen LogP contribution in [0.5, 0.6) is 17.2 Å². The number of ether oxygens (including phenoxy) is 2. The Bertz CT molecular complexity index is 1070. The molecule has 2 N–H and O–H groups in total. The van der Waals surface area contributed by atoms with E-state index < -0.39 is 0 Å². The number of phenols is 1. The number of aromatic hydroxyl groups is 1. The number of nitrogens with zero attached hydrogens (tertiary/aromatic N) is 1. The molecule has 3 aromatic rings. The summed E-state index contributed by atoms with van der Waals surface area (Å²) in [5.41, 5.74) is 3.88. The fraction of sp³-hybridized carbons (Fsp3) is 0.208. The third-order valence-corrected chi connectivity index (χ3v) is 5.89. The van der Waals surface area contributed by atoms with Gasteiger partial charge < -0.3 is 14.6 Å². The Balaban J connectivity index is 1.74. The van der Waals surface area contributed by atoms with E-state index in [1.54, 1.807) is 20.3 Å². The van der Waals surface area contributed by atoms with Crippen LogP contribution >= 0.6 is 15.9 Å². The number of aliphatic imine (C=N–C) groups is 1. The minimum atomic E-state index is -0.261. The zero-order valence-corrected chi connectivity index (χ0v) is 18.4. The average Bonchev–Trinajstić information content (AvgIpc) is 2.79. The summed E-state index contributed by atoms with van der Waals surface area (Å²) >= 11 is 3.57. The molecule has 0 saturated heterocycles. The van der Waals surface area contributed by atoms with Crippen molar-refractivity contribution in [3.8, 4) is 17.2 Å². The van der Waals surface area contributed by atoms with Crippen LogP contribution in [0.25, 0.3) is 0 Å². The monoisotopic (exact) mass is 466 g/mol. The maximum Gasteiger partial charge on any atom is 0.133 e. The Morgan fingerprint density at radius 2 is 1.77 bits per heavy atom. The molecular weight excluding hydrogens is 444 g/mol. The van der Waals surface area contributed by atoms with Gasteiger partial charge in [-0.2, -0.15) is 0 Å². The first-order valence-electron chi connectivity index (χ1n) is 9.67. The predicted octanol–water partition coefficient (Wildman–Crippen LogP) is 5.39. The standard InChI is InChI=1S/C24H23BrN2O3/c1-29-17-10-7-15(8-11-17)20-14-21(18-5-3-4-6-22(18)28)27-24(26-20)16-9-12-23(30-2)19(25)13-16/h3-13,21,24,27-28H,14H2,1-2H3/t21-,24-/m1/s1. The van der Waals surface area contributed by atoms with E-state index in [1.807, 2.05) is 60.7 Å². The van der Waals surface area contributed by atoms with Crippen molar-refractivity contribution in [1.29, 1.82) is 0 Å². The lowest BCUT2D eigenvalue weighted by Gasteiger charge is -2.31. The number of benzene rings is 3. The van der Waals surface area contributed by atoms with Gasteiger partial charge >= 0.3 is 0 Å². The SMILES string of the molecule is COc1ccc(C2=N[C@@H](c3ccc(OC)c(Br)c3)N[C@@H](c3ccccc3O)C2)cc1. The number of hydrogen-bond acceptors (Lipinski definition) is 5. The van der Waals surface area contributed by atoms with Crippen LogP contribution in [-0.2, 0) is 0 Å². The average molecular weight is 467 g/mol. The minimum Gasteiger partial charge on any atom is -0.508 e. The van der Waals surface area contributed by atoms with Gasteiger partial charge in [-0.05, 0) is 69.5 Å². The Hall–Kier alpha value is -2.83. The van der Waals surface area contributed by atoms with Crippen LogP contribution in [0.15, 0.2) is 76.2 Å². The molecule has 30 heavy (non-hydrogen) atoms. The molecule has 0 bridgehead atoms. The Kier molecular flexibility index (Phi) is 6.06. The van der Waals surface area contributed by atoms with Crippen LogP contribution in [0.2, 0.25) is 0 Å². The Morgan fingerprint density at radius 3 is 2.43 bits per heavy atom. The van der Waals surface area contributed by atoms with Crippen LogP contribution in [-0.4, -0.2) is 25.0 Å². The van der Waals surface area contributed by atoms with Gasteiger partial charge in [-0.3, -0.25) is 10.3 Å². The fourth-order valence-corrected chi connectivity index (χ4v) is 4.23. The quantitative estimate of drug-likeness (QED) is 0.528. The molecule has 1 aliphatic rings. The van der Waals surface area contributed by atoms with Crippen LogP contribution in [0.4, 0.5) is 0 Å². The lowest BCUT2D eigenvalue weighted by atomic mass is 9.93. The first-order chi connectivity index (χ1) is 14.6. The summed E-state index contributed by atoms with van der Waals surface area (Å²) in [6, 6.07) is 21.2. The molecule has 0 spiro atoms. The highest BCUT2D eigenvalue weighted by atomic mass is 79.9. The van der Waals surface area contributed by atoms with E-state index in [0.29, 0.717) is 6.42 Å². The maximum atomic E-state index is 10.4. The molecular formula is C24H23BrN2O3. The Morgan fingerprint density at radius 1 is 1.00 bits per heavy atom. The third kappa shape index (κ3) is 4.20. The smallest absolute Gasteiger partial charge is 0.133 e. The van der Waals surface area contributed by atoms with Gasteiger partial charge in [0.05, 0.1) is 18.7 Å². The van der Waals surface area contributed by atoms with Gasteiger partial charge in [0.1, 0.15) is 23.4 Å². The number of methoxy groups -OCH3 is 2. The summed E-state index contributed by atoms with van der Waals surface area (Å²) in [5, 5.41) is 14.0. The normalized spacial score (nSPS) is 18.6. The molecule has 0 amide bonds. The number of halogens is 1. The summed E-state index contributed by atoms with van der Waals surface area (Å²) in [7, 11) is 3.30. The highest BCUT2D eigenvalue weighted by Gasteiger charge is 2.28. The van der Waals surface area contributed by atoms with Gasteiger partial charge in [0.2, 0.25) is 0 Å². The molecule has 0 saturated carbocycles. The second-order valence-electron chi connectivity index (χ2n) is 7.08. The van der Waals surface area contributed by atoms with E-state index in [2.05, 4.69) is 21.2 Å². The van der Waals surface area contributed by atoms with Gasteiger partial charge in [0, 0.05) is 23.7 Å². The molecule has 0 fully saturated rings. The van der Waals surface area contributed by atoms with Crippen molar-refractivity contribution in [3.63, 3.8) is 0 Å². The zero-order valence-electron chi connectivity index (χ0n) is 16.8. The van der Waals surface area contributed by atoms with E-state index in [4.69, 9.17) is 14.5 Å². The number of phenolic OH excluding ortho intramolecular Hbond substituents is 1. The maximum absolute atomic E-state index is 10.4. The molecule has 1 aliphatic heterocycles. The third-order valence-electron chi connectivity index (χ3n) is 5.27. The Labute approximate surface area is 184 Å². The van der Waals surface area contributed by atoms with Crippen LogP contribution in [0, 0.1) is 0 Å². The van der Waals surface area contributed by atoms with Crippen LogP contribution < -0.4 is 14.8 Å². The lowest BCUT2D eigenvalue weighted by molar-refractivity contribution is 0.406. The summed E-state index contributed by atoms with van der Waals surface area (Å²) in [4.78, 5) is 5.00. The van der Waals surface area contributed by atoms with E-state index in [-0.39, 0.29) is 18.0 Å². The molecule has 4 rings (SSSR count). The highest BCUT2D eigenvalue weighted by molar-refractivity contribution is 9.10. The molecule has 0 aromatic heterocycles. The number of hydrogen-bond donors (Lipinski definition) is 2. The molecule has 2 atom stereocenters. The second kappa shape index (κ2) is 8.90. The number of nitrogens with one attached hydrogen (secondary N) is 1. The van der Waals surface area contributed by atoms with Gasteiger partial charge in [0.25, 0.3) is 0 Å². The van der Waals surface area contributed by atoms with E-state index in [1.165, 1.54) is 0 Å². The van der Waals surface area contributed by atoms with Crippen molar-refractivity contribution in [2.75, 3.05) is 14.2 Å². The topological polar surface area (TPSA) is 63.1 Å². The number of rotatable bonds is 5. The highest BCUT2D eigenvalue weighted by Crippen LogP contribution is 2.36. The molecule has 3 aromatic carbocycles. The van der Waals surface area contributed by atoms with Crippen LogP contribution in [0.1, 0.15) is 35.3 Å². The van der Waals surface area contributed by atoms with Crippen molar-refractivity contribution in [2.45, 2.75) is 18.6 Å². The predicted molar refractivity (Wildman–Crippen MR) is 122 cm³/mol. The lowest BCUT2D eigenvalue weighted by Crippen LogP contribution is -2.33. The zero-order chi connectivity index (χ0) is 21.1. The van der Waals surface area contributed by atoms with Crippen molar-refractivity contribution in [3.05, 3.63) is 87.9 Å². The number of para-hydroxylation sites is 1. The van der Waals surface area contributed by atoms with Gasteiger partial charge in [-0.25, -0.2) is 0 Å². The molecule has 154 valence electrons. The minimum absolute atomic E-state index is 0.0771. The summed E-state index contributed by atoms with van der Waals surface area (Å²) in [6.45, 7) is 0. The molecule has 0 aliphatic carbocycles. The molecule has 0 unspecified atom stereocenters. The first kappa shape index (κ1) is 20.4. The first-order valence-corrected chi connectivity index (χ1v) is 10.5. The molecule has 6 heteroatoms. The largest absolute Gasteiger partial charge is 0.508 e. The summed E-state index contributed by atoms with van der Waals surface area (Å²) in [6.07, 6.45) is 0.403. The molecule has 5 nitrogen and oxygen atoms in total. The van der Waals surface area contributed by atoms with Crippen molar-refractivity contribution < 1.29 is 14.6 Å². The fourth-order valence-electron chi connectivity index (χ4n) is 3.67. The van der Waals surface area contributed by atoms with Gasteiger partial charge in [-0.1, -0.05) is 24.3 Å². The van der Waals surface area contributed by atoms with E-state index in [9.17, 15) is 5.11 Å². The van der Waals surface area contributed by atoms with E-state index >= 15 is 0 Å².